The summed E-state index contributed by atoms with van der Waals surface area (Å²) in [7, 11) is -3.42. The molecule has 2 aromatic rings. The first-order chi connectivity index (χ1) is 10.5. The van der Waals surface area contributed by atoms with Gasteiger partial charge in [0.15, 0.2) is 9.84 Å². The number of rotatable bonds is 6. The van der Waals surface area contributed by atoms with Crippen LogP contribution in [0.4, 0.5) is 0 Å². The van der Waals surface area contributed by atoms with Gasteiger partial charge in [-0.1, -0.05) is 30.3 Å². The van der Waals surface area contributed by atoms with Gasteiger partial charge in [0, 0.05) is 23.4 Å². The van der Waals surface area contributed by atoms with Gasteiger partial charge in [0.1, 0.15) is 0 Å². The fraction of sp³-hybridized carbons (Fsp3) is 0.188. The lowest BCUT2D eigenvalue weighted by molar-refractivity contribution is 0.0953. The van der Waals surface area contributed by atoms with Gasteiger partial charge >= 0.3 is 0 Å². The zero-order valence-corrected chi connectivity index (χ0v) is 13.8. The zero-order valence-electron chi connectivity index (χ0n) is 12.2. The molecule has 0 spiro atoms. The average Bonchev–Trinajstić information content (AvgIpc) is 2.51. The number of thioether (sulfide) groups is 1. The minimum Gasteiger partial charge on any atom is -0.351 e. The third-order valence-electron chi connectivity index (χ3n) is 2.93. The summed E-state index contributed by atoms with van der Waals surface area (Å²) in [6.07, 6.45) is 1.10. The van der Waals surface area contributed by atoms with Gasteiger partial charge in [-0.25, -0.2) is 8.42 Å². The summed E-state index contributed by atoms with van der Waals surface area (Å²) in [5.41, 5.74) is 0.190. The molecule has 0 heterocycles. The average molecular weight is 335 g/mol. The van der Waals surface area contributed by atoms with Gasteiger partial charge in [0.05, 0.1) is 10.5 Å². The third kappa shape index (κ3) is 4.61. The van der Waals surface area contributed by atoms with Crippen LogP contribution in [0.5, 0.6) is 0 Å². The van der Waals surface area contributed by atoms with E-state index in [0.717, 1.165) is 16.9 Å². The Labute approximate surface area is 134 Å². The van der Waals surface area contributed by atoms with E-state index in [4.69, 9.17) is 0 Å². The van der Waals surface area contributed by atoms with Gasteiger partial charge in [0.2, 0.25) is 0 Å². The van der Waals surface area contributed by atoms with Crippen LogP contribution in [0.15, 0.2) is 64.4 Å². The molecule has 6 heteroatoms. The summed E-state index contributed by atoms with van der Waals surface area (Å²) in [5.74, 6) is 0.353. The zero-order chi connectivity index (χ0) is 16.0. The molecule has 0 bridgehead atoms. The SMILES string of the molecule is CS(=O)(=O)c1ccccc1C(=O)NCCSc1ccccc1. The first-order valence-electron chi connectivity index (χ1n) is 6.73. The van der Waals surface area contributed by atoms with Crippen molar-refractivity contribution in [3.8, 4) is 0 Å². The van der Waals surface area contributed by atoms with Gasteiger partial charge < -0.3 is 5.32 Å². The summed E-state index contributed by atoms with van der Waals surface area (Å²) in [4.78, 5) is 13.3. The third-order valence-corrected chi connectivity index (χ3v) is 5.10. The van der Waals surface area contributed by atoms with Crippen LogP contribution in [0.1, 0.15) is 10.4 Å². The predicted molar refractivity (Wildman–Crippen MR) is 89.1 cm³/mol. The van der Waals surface area contributed by atoms with E-state index < -0.39 is 9.84 Å². The lowest BCUT2D eigenvalue weighted by Gasteiger charge is -2.08. The van der Waals surface area contributed by atoms with Crippen molar-refractivity contribution in [3.05, 3.63) is 60.2 Å². The molecule has 0 atom stereocenters. The molecule has 0 aliphatic carbocycles. The van der Waals surface area contributed by atoms with Crippen LogP contribution < -0.4 is 5.32 Å². The van der Waals surface area contributed by atoms with E-state index in [2.05, 4.69) is 5.32 Å². The quantitative estimate of drug-likeness (QED) is 0.651. The first-order valence-corrected chi connectivity index (χ1v) is 9.61. The van der Waals surface area contributed by atoms with Crippen LogP contribution >= 0.6 is 11.8 Å². The van der Waals surface area contributed by atoms with Gasteiger partial charge in [-0.05, 0) is 24.3 Å². The monoisotopic (exact) mass is 335 g/mol. The highest BCUT2D eigenvalue weighted by Crippen LogP contribution is 2.17. The van der Waals surface area contributed by atoms with Crippen LogP contribution in [0.25, 0.3) is 0 Å². The van der Waals surface area contributed by atoms with E-state index in [1.165, 1.54) is 12.1 Å². The standard InChI is InChI=1S/C16H17NO3S2/c1-22(19,20)15-10-6-5-9-14(15)16(18)17-11-12-21-13-7-3-2-4-8-13/h2-10H,11-12H2,1H3,(H,17,18). The maximum absolute atomic E-state index is 12.1. The molecule has 0 aromatic heterocycles. The molecular formula is C16H17NO3S2. The number of nitrogens with one attached hydrogen (secondary N) is 1. The molecule has 1 amide bonds. The number of carbonyl (C=O) groups is 1. The summed E-state index contributed by atoms with van der Waals surface area (Å²) in [5, 5.41) is 2.76. The van der Waals surface area contributed by atoms with E-state index in [1.54, 1.807) is 23.9 Å². The minimum atomic E-state index is -3.42. The molecule has 2 rings (SSSR count). The molecule has 0 saturated carbocycles. The minimum absolute atomic E-state index is 0.0585. The van der Waals surface area contributed by atoms with Crippen LogP contribution in [0.3, 0.4) is 0 Å². The molecule has 4 nitrogen and oxygen atoms in total. The topological polar surface area (TPSA) is 63.2 Å². The fourth-order valence-corrected chi connectivity index (χ4v) is 3.60. The number of benzene rings is 2. The van der Waals surface area contributed by atoms with Crippen molar-refractivity contribution in [2.75, 3.05) is 18.6 Å². The number of hydrogen-bond acceptors (Lipinski definition) is 4. The Morgan fingerprint density at radius 2 is 1.68 bits per heavy atom. The highest BCUT2D eigenvalue weighted by molar-refractivity contribution is 7.99. The Hall–Kier alpha value is -1.79. The summed E-state index contributed by atoms with van der Waals surface area (Å²) >= 11 is 1.63. The molecule has 0 unspecified atom stereocenters. The van der Waals surface area contributed by atoms with E-state index in [9.17, 15) is 13.2 Å². The van der Waals surface area contributed by atoms with Crippen LogP contribution in [-0.2, 0) is 9.84 Å². The Morgan fingerprint density at radius 3 is 2.36 bits per heavy atom. The molecule has 116 valence electrons. The van der Waals surface area contributed by atoms with Gasteiger partial charge in [-0.15, -0.1) is 11.8 Å². The van der Waals surface area contributed by atoms with Gasteiger partial charge in [-0.3, -0.25) is 4.79 Å². The van der Waals surface area contributed by atoms with Crippen molar-refractivity contribution in [3.63, 3.8) is 0 Å². The Bertz CT molecular complexity index is 743. The predicted octanol–water partition coefficient (Wildman–Crippen LogP) is 2.61. The highest BCUT2D eigenvalue weighted by atomic mass is 32.2. The second-order valence-electron chi connectivity index (χ2n) is 4.69. The van der Waals surface area contributed by atoms with Crippen LogP contribution in [0, 0.1) is 0 Å². The molecule has 0 aliphatic heterocycles. The smallest absolute Gasteiger partial charge is 0.252 e. The molecule has 1 N–H and O–H groups in total. The van der Waals surface area contributed by atoms with Crippen LogP contribution in [0.2, 0.25) is 0 Å². The molecule has 0 fully saturated rings. The van der Waals surface area contributed by atoms with Gasteiger partial charge in [0.25, 0.3) is 5.91 Å². The second kappa shape index (κ2) is 7.47. The largest absolute Gasteiger partial charge is 0.351 e. The highest BCUT2D eigenvalue weighted by Gasteiger charge is 2.17. The second-order valence-corrected chi connectivity index (χ2v) is 7.84. The van der Waals surface area contributed by atoms with Crippen molar-refractivity contribution >= 4 is 27.5 Å². The van der Waals surface area contributed by atoms with E-state index in [1.807, 2.05) is 30.3 Å². The van der Waals surface area contributed by atoms with E-state index in [-0.39, 0.29) is 16.4 Å². The van der Waals surface area contributed by atoms with Crippen molar-refractivity contribution in [2.24, 2.45) is 0 Å². The number of hydrogen-bond donors (Lipinski definition) is 1. The maximum Gasteiger partial charge on any atom is 0.252 e. The molecular weight excluding hydrogens is 318 g/mol. The lowest BCUT2D eigenvalue weighted by Crippen LogP contribution is -2.27. The molecule has 0 radical (unpaired) electrons. The maximum atomic E-state index is 12.1. The van der Waals surface area contributed by atoms with Crippen molar-refractivity contribution in [1.82, 2.24) is 5.32 Å². The fourth-order valence-electron chi connectivity index (χ4n) is 1.92. The molecule has 2 aromatic carbocycles. The summed E-state index contributed by atoms with van der Waals surface area (Å²) in [6, 6.07) is 16.1. The van der Waals surface area contributed by atoms with Crippen LogP contribution in [-0.4, -0.2) is 32.9 Å². The summed E-state index contributed by atoms with van der Waals surface area (Å²) < 4.78 is 23.4. The van der Waals surface area contributed by atoms with Gasteiger partial charge in [-0.2, -0.15) is 0 Å². The first kappa shape index (κ1) is 16.6. The number of sulfone groups is 1. The molecule has 0 aliphatic rings. The Morgan fingerprint density at radius 1 is 1.05 bits per heavy atom. The Kier molecular flexibility index (Phi) is 5.63. The van der Waals surface area contributed by atoms with E-state index >= 15 is 0 Å². The van der Waals surface area contributed by atoms with Crippen molar-refractivity contribution < 1.29 is 13.2 Å². The molecule has 22 heavy (non-hydrogen) atoms. The van der Waals surface area contributed by atoms with Crippen molar-refractivity contribution in [2.45, 2.75) is 9.79 Å². The normalized spacial score (nSPS) is 11.1. The number of amides is 1. The number of carbonyl (C=O) groups excluding carboxylic acids is 1. The molecule has 0 saturated heterocycles. The Balaban J connectivity index is 1.93. The summed E-state index contributed by atoms with van der Waals surface area (Å²) in [6.45, 7) is 0.469. The lowest BCUT2D eigenvalue weighted by atomic mass is 10.2. The van der Waals surface area contributed by atoms with E-state index in [0.29, 0.717) is 6.54 Å². The van der Waals surface area contributed by atoms with Crippen molar-refractivity contribution in [1.29, 1.82) is 0 Å².